The van der Waals surface area contributed by atoms with Gasteiger partial charge in [0, 0.05) is 23.7 Å². The van der Waals surface area contributed by atoms with Gasteiger partial charge in [0.2, 0.25) is 0 Å². The summed E-state index contributed by atoms with van der Waals surface area (Å²) >= 11 is 1.52. The van der Waals surface area contributed by atoms with Gasteiger partial charge in [0.1, 0.15) is 0 Å². The number of para-hydroxylation sites is 1. The van der Waals surface area contributed by atoms with E-state index < -0.39 is 11.9 Å². The Kier molecular flexibility index (Phi) is 5.88. The first-order valence-electron chi connectivity index (χ1n) is 7.41. The van der Waals surface area contributed by atoms with Crippen LogP contribution in [0.3, 0.4) is 0 Å². The predicted molar refractivity (Wildman–Crippen MR) is 88.3 cm³/mol. The molecule has 7 heteroatoms. The van der Waals surface area contributed by atoms with Crippen LogP contribution in [0.4, 0.5) is 10.5 Å². The Morgan fingerprint density at radius 3 is 2.91 bits per heavy atom. The normalized spacial score (nSPS) is 18.3. The van der Waals surface area contributed by atoms with Crippen LogP contribution in [0.1, 0.15) is 13.3 Å². The number of carboxylic acids is 1. The lowest BCUT2D eigenvalue weighted by Gasteiger charge is -2.18. The fourth-order valence-corrected chi connectivity index (χ4v) is 3.24. The minimum Gasteiger partial charge on any atom is -0.481 e. The number of amides is 2. The van der Waals surface area contributed by atoms with Crippen LogP contribution in [0.15, 0.2) is 29.2 Å². The van der Waals surface area contributed by atoms with Crippen LogP contribution in [0.5, 0.6) is 0 Å². The zero-order valence-electron chi connectivity index (χ0n) is 12.9. The fourth-order valence-electron chi connectivity index (χ4n) is 2.29. The van der Waals surface area contributed by atoms with E-state index in [-0.39, 0.29) is 18.5 Å². The quantitative estimate of drug-likeness (QED) is 0.808. The molecule has 2 N–H and O–H groups in total. The van der Waals surface area contributed by atoms with E-state index in [1.54, 1.807) is 0 Å². The van der Waals surface area contributed by atoms with Gasteiger partial charge in [0.05, 0.1) is 23.6 Å². The number of likely N-dealkylation sites (tertiary alicyclic amines) is 1. The van der Waals surface area contributed by atoms with Crippen LogP contribution in [-0.2, 0) is 4.79 Å². The number of nitriles is 1. The van der Waals surface area contributed by atoms with Crippen molar-refractivity contribution in [1.29, 1.82) is 5.26 Å². The first-order chi connectivity index (χ1) is 11.0. The first-order valence-corrected chi connectivity index (χ1v) is 8.40. The van der Waals surface area contributed by atoms with E-state index >= 15 is 0 Å². The highest BCUT2D eigenvalue weighted by Crippen LogP contribution is 2.29. The molecule has 1 heterocycles. The van der Waals surface area contributed by atoms with E-state index in [1.165, 1.54) is 16.7 Å². The van der Waals surface area contributed by atoms with Gasteiger partial charge in [-0.2, -0.15) is 5.26 Å². The number of nitrogens with zero attached hydrogens (tertiary/aromatic N) is 2. The summed E-state index contributed by atoms with van der Waals surface area (Å²) < 4.78 is 0. The number of hydrogen-bond donors (Lipinski definition) is 2. The average molecular weight is 333 g/mol. The largest absolute Gasteiger partial charge is 0.481 e. The van der Waals surface area contributed by atoms with Gasteiger partial charge in [-0.05, 0) is 25.5 Å². The van der Waals surface area contributed by atoms with Crippen molar-refractivity contribution in [2.45, 2.75) is 18.2 Å². The summed E-state index contributed by atoms with van der Waals surface area (Å²) in [4.78, 5) is 25.7. The predicted octanol–water partition coefficient (Wildman–Crippen LogP) is 2.88. The van der Waals surface area contributed by atoms with Gasteiger partial charge < -0.3 is 15.3 Å². The van der Waals surface area contributed by atoms with Gasteiger partial charge in [-0.15, -0.1) is 11.8 Å². The molecule has 2 unspecified atom stereocenters. The summed E-state index contributed by atoms with van der Waals surface area (Å²) in [6, 6.07) is 9.32. The SMILES string of the molecule is CC(C#N)CSc1ccccc1NC(=O)N1CCC(C(=O)O)C1. The lowest BCUT2D eigenvalue weighted by Crippen LogP contribution is -2.33. The third-order valence-corrected chi connectivity index (χ3v) is 5.00. The summed E-state index contributed by atoms with van der Waals surface area (Å²) in [5, 5.41) is 20.7. The van der Waals surface area contributed by atoms with E-state index in [0.29, 0.717) is 24.4 Å². The molecule has 1 aliphatic rings. The Morgan fingerprint density at radius 1 is 1.52 bits per heavy atom. The lowest BCUT2D eigenvalue weighted by atomic mass is 10.1. The second-order valence-electron chi connectivity index (χ2n) is 5.54. The summed E-state index contributed by atoms with van der Waals surface area (Å²) in [5.41, 5.74) is 0.686. The molecule has 0 bridgehead atoms. The topological polar surface area (TPSA) is 93.4 Å². The fraction of sp³-hybridized carbons (Fsp3) is 0.438. The molecule has 2 atom stereocenters. The standard InChI is InChI=1S/C16H19N3O3S/c1-11(8-17)10-23-14-5-3-2-4-13(14)18-16(22)19-7-6-12(9-19)15(20)21/h2-5,11-12H,6-7,9-10H2,1H3,(H,18,22)(H,20,21). The van der Waals surface area contributed by atoms with Gasteiger partial charge in [-0.3, -0.25) is 4.79 Å². The van der Waals surface area contributed by atoms with Crippen LogP contribution in [0, 0.1) is 23.2 Å². The van der Waals surface area contributed by atoms with Gasteiger partial charge in [-0.1, -0.05) is 12.1 Å². The first kappa shape index (κ1) is 17.2. The van der Waals surface area contributed by atoms with Crippen molar-refractivity contribution in [3.05, 3.63) is 24.3 Å². The number of carbonyl (C=O) groups is 2. The number of benzene rings is 1. The van der Waals surface area contributed by atoms with Gasteiger partial charge in [0.25, 0.3) is 0 Å². The summed E-state index contributed by atoms with van der Waals surface area (Å²) in [6.45, 7) is 2.54. The molecule has 1 aromatic rings. The van der Waals surface area contributed by atoms with Crippen LogP contribution >= 0.6 is 11.8 Å². The number of carboxylic acid groups (broad SMARTS) is 1. The number of anilines is 1. The number of thioether (sulfide) groups is 1. The highest BCUT2D eigenvalue weighted by molar-refractivity contribution is 7.99. The molecule has 0 radical (unpaired) electrons. The molecule has 0 saturated carbocycles. The average Bonchev–Trinajstić information content (AvgIpc) is 3.04. The minimum absolute atomic E-state index is 0.0707. The van der Waals surface area contributed by atoms with Crippen molar-refractivity contribution in [3.8, 4) is 6.07 Å². The van der Waals surface area contributed by atoms with Crippen molar-refractivity contribution >= 4 is 29.4 Å². The van der Waals surface area contributed by atoms with Crippen molar-refractivity contribution < 1.29 is 14.7 Å². The van der Waals surface area contributed by atoms with Crippen LogP contribution in [0.2, 0.25) is 0 Å². The Hall–Kier alpha value is -2.20. The zero-order chi connectivity index (χ0) is 16.8. The molecule has 0 spiro atoms. The second kappa shape index (κ2) is 7.88. The smallest absolute Gasteiger partial charge is 0.321 e. The number of urea groups is 1. The molecule has 1 saturated heterocycles. The minimum atomic E-state index is -0.859. The summed E-state index contributed by atoms with van der Waals surface area (Å²) in [6.07, 6.45) is 0.485. The molecule has 23 heavy (non-hydrogen) atoms. The number of aliphatic carboxylic acids is 1. The van der Waals surface area contributed by atoms with E-state index in [9.17, 15) is 9.59 Å². The van der Waals surface area contributed by atoms with Crippen molar-refractivity contribution in [1.82, 2.24) is 4.90 Å². The van der Waals surface area contributed by atoms with Crippen molar-refractivity contribution in [3.63, 3.8) is 0 Å². The summed E-state index contributed by atoms with van der Waals surface area (Å²) in [5.74, 6) is -0.768. The Bertz CT molecular complexity index is 629. The van der Waals surface area contributed by atoms with Gasteiger partial charge >= 0.3 is 12.0 Å². The second-order valence-corrected chi connectivity index (χ2v) is 6.60. The molecule has 0 aliphatic carbocycles. The Balaban J connectivity index is 1.99. The van der Waals surface area contributed by atoms with Gasteiger partial charge in [-0.25, -0.2) is 4.79 Å². The van der Waals surface area contributed by atoms with E-state index in [2.05, 4.69) is 11.4 Å². The number of nitrogens with one attached hydrogen (secondary N) is 1. The molecule has 1 aromatic carbocycles. The van der Waals surface area contributed by atoms with Gasteiger partial charge in [0.15, 0.2) is 0 Å². The van der Waals surface area contributed by atoms with E-state index in [0.717, 1.165) is 4.90 Å². The zero-order valence-corrected chi connectivity index (χ0v) is 13.7. The van der Waals surface area contributed by atoms with Crippen LogP contribution in [0.25, 0.3) is 0 Å². The van der Waals surface area contributed by atoms with E-state index in [1.807, 2.05) is 31.2 Å². The maximum absolute atomic E-state index is 12.3. The molecule has 0 aromatic heterocycles. The van der Waals surface area contributed by atoms with Crippen molar-refractivity contribution in [2.75, 3.05) is 24.2 Å². The van der Waals surface area contributed by atoms with Crippen LogP contribution in [-0.4, -0.2) is 40.8 Å². The molecular formula is C16H19N3O3S. The molecule has 2 amide bonds. The maximum atomic E-state index is 12.3. The Labute approximate surface area is 139 Å². The lowest BCUT2D eigenvalue weighted by molar-refractivity contribution is -0.141. The Morgan fingerprint density at radius 2 is 2.26 bits per heavy atom. The molecule has 1 fully saturated rings. The van der Waals surface area contributed by atoms with Crippen LogP contribution < -0.4 is 5.32 Å². The highest BCUT2D eigenvalue weighted by atomic mass is 32.2. The summed E-state index contributed by atoms with van der Waals surface area (Å²) in [7, 11) is 0. The number of rotatable bonds is 5. The monoisotopic (exact) mass is 333 g/mol. The highest BCUT2D eigenvalue weighted by Gasteiger charge is 2.31. The third kappa shape index (κ3) is 4.63. The van der Waals surface area contributed by atoms with Crippen molar-refractivity contribution in [2.24, 2.45) is 11.8 Å². The number of hydrogen-bond acceptors (Lipinski definition) is 4. The number of carbonyl (C=O) groups excluding carboxylic acids is 1. The molecule has 6 nitrogen and oxygen atoms in total. The van der Waals surface area contributed by atoms with E-state index in [4.69, 9.17) is 10.4 Å². The molecule has 122 valence electrons. The molecular weight excluding hydrogens is 314 g/mol. The molecule has 1 aliphatic heterocycles. The maximum Gasteiger partial charge on any atom is 0.321 e. The molecule has 2 rings (SSSR count). The third-order valence-electron chi connectivity index (χ3n) is 3.66.